The first kappa shape index (κ1) is 25.0. The van der Waals surface area contributed by atoms with E-state index in [0.29, 0.717) is 17.4 Å². The van der Waals surface area contributed by atoms with Crippen LogP contribution in [-0.4, -0.2) is 89.2 Å². The van der Waals surface area contributed by atoms with Crippen molar-refractivity contribution in [2.24, 2.45) is 17.3 Å². The Morgan fingerprint density at radius 3 is 2.19 bits per heavy atom. The van der Waals surface area contributed by atoms with E-state index in [1.54, 1.807) is 0 Å². The van der Waals surface area contributed by atoms with Gasteiger partial charge in [-0.05, 0) is 44.2 Å². The molecule has 1 aromatic heterocycles. The second kappa shape index (κ2) is 9.67. The first-order valence-electron chi connectivity index (χ1n) is 13.2. The minimum absolute atomic E-state index is 0.0855. The molecule has 0 N–H and O–H groups in total. The van der Waals surface area contributed by atoms with Gasteiger partial charge >= 0.3 is 0 Å². The van der Waals surface area contributed by atoms with Crippen LogP contribution in [0.5, 0.6) is 0 Å². The summed E-state index contributed by atoms with van der Waals surface area (Å²) in [6.45, 7) is 15.5. The highest BCUT2D eigenvalue weighted by atomic mass is 16.2. The van der Waals surface area contributed by atoms with Gasteiger partial charge in [-0.15, -0.1) is 0 Å². The standard InChI is InChI=1S/C29H39N5O2/c1-21-26(22(2)31-20-30-21)27(36)34-14-23-12-32(13-24(23)15-34)11-10-29(25-8-6-5-7-9-25)17-33(18-29)16-28(3,4)19-35/h5-9,19-20,23-24H,10-18H2,1-4H3. The third-order valence-electron chi connectivity index (χ3n) is 8.58. The summed E-state index contributed by atoms with van der Waals surface area (Å²) in [6, 6.07) is 10.9. The summed E-state index contributed by atoms with van der Waals surface area (Å²) in [4.78, 5) is 40.2. The molecule has 3 fully saturated rings. The van der Waals surface area contributed by atoms with E-state index in [9.17, 15) is 9.59 Å². The fourth-order valence-electron chi connectivity index (χ4n) is 6.68. The Balaban J connectivity index is 1.18. The van der Waals surface area contributed by atoms with Crippen molar-refractivity contribution in [1.29, 1.82) is 0 Å². The second-order valence-corrected chi connectivity index (χ2v) is 12.1. The molecule has 36 heavy (non-hydrogen) atoms. The average Bonchev–Trinajstić information content (AvgIpc) is 3.40. The van der Waals surface area contributed by atoms with Gasteiger partial charge in [-0.1, -0.05) is 44.2 Å². The van der Waals surface area contributed by atoms with Gasteiger partial charge in [0, 0.05) is 56.6 Å². The summed E-state index contributed by atoms with van der Waals surface area (Å²) in [5.74, 6) is 1.17. The molecule has 3 aliphatic heterocycles. The summed E-state index contributed by atoms with van der Waals surface area (Å²) < 4.78 is 0. The summed E-state index contributed by atoms with van der Waals surface area (Å²) in [6.07, 6.45) is 3.74. The van der Waals surface area contributed by atoms with Gasteiger partial charge in [0.25, 0.3) is 5.91 Å². The lowest BCUT2D eigenvalue weighted by Crippen LogP contribution is -2.62. The number of aldehydes is 1. The van der Waals surface area contributed by atoms with Crippen molar-refractivity contribution in [2.75, 3.05) is 52.4 Å². The van der Waals surface area contributed by atoms with Crippen LogP contribution in [0, 0.1) is 31.1 Å². The number of nitrogens with zero attached hydrogens (tertiary/aromatic N) is 5. The van der Waals surface area contributed by atoms with Gasteiger partial charge in [0.2, 0.25) is 0 Å². The van der Waals surface area contributed by atoms with Gasteiger partial charge < -0.3 is 19.5 Å². The first-order valence-corrected chi connectivity index (χ1v) is 13.2. The lowest BCUT2D eigenvalue weighted by atomic mass is 9.70. The van der Waals surface area contributed by atoms with Crippen LogP contribution >= 0.6 is 0 Å². The van der Waals surface area contributed by atoms with Crippen molar-refractivity contribution >= 4 is 12.2 Å². The molecule has 4 heterocycles. The van der Waals surface area contributed by atoms with Gasteiger partial charge in [-0.2, -0.15) is 0 Å². The molecule has 0 radical (unpaired) electrons. The number of aryl methyl sites for hydroxylation is 2. The van der Waals surface area contributed by atoms with Crippen LogP contribution in [0.3, 0.4) is 0 Å². The smallest absolute Gasteiger partial charge is 0.257 e. The van der Waals surface area contributed by atoms with Crippen LogP contribution in [0.25, 0.3) is 0 Å². The number of carbonyl (C=O) groups excluding carboxylic acids is 2. The van der Waals surface area contributed by atoms with Crippen LogP contribution in [-0.2, 0) is 10.2 Å². The molecule has 0 bridgehead atoms. The molecule has 7 nitrogen and oxygen atoms in total. The van der Waals surface area contributed by atoms with Gasteiger partial charge in [-0.25, -0.2) is 9.97 Å². The molecular weight excluding hydrogens is 450 g/mol. The zero-order valence-electron chi connectivity index (χ0n) is 22.1. The number of hydrogen-bond donors (Lipinski definition) is 0. The third-order valence-corrected chi connectivity index (χ3v) is 8.58. The molecule has 0 saturated carbocycles. The van der Waals surface area contributed by atoms with Crippen molar-refractivity contribution in [3.05, 3.63) is 59.2 Å². The highest BCUT2D eigenvalue weighted by Gasteiger charge is 2.47. The molecule has 1 amide bonds. The van der Waals surface area contributed by atoms with Crippen LogP contribution in [0.2, 0.25) is 0 Å². The van der Waals surface area contributed by atoms with Gasteiger partial charge in [0.05, 0.1) is 17.0 Å². The van der Waals surface area contributed by atoms with Crippen molar-refractivity contribution < 1.29 is 9.59 Å². The third kappa shape index (κ3) is 4.83. The quantitative estimate of drug-likeness (QED) is 0.531. The second-order valence-electron chi connectivity index (χ2n) is 12.1. The molecule has 2 unspecified atom stereocenters. The highest BCUT2D eigenvalue weighted by Crippen LogP contribution is 2.40. The highest BCUT2D eigenvalue weighted by molar-refractivity contribution is 5.96. The normalized spacial score (nSPS) is 23.9. The fraction of sp³-hybridized carbons (Fsp3) is 0.586. The molecule has 1 aromatic carbocycles. The van der Waals surface area contributed by atoms with Crippen LogP contribution in [0.4, 0.5) is 0 Å². The monoisotopic (exact) mass is 489 g/mol. The van der Waals surface area contributed by atoms with Crippen molar-refractivity contribution in [3.8, 4) is 0 Å². The number of likely N-dealkylation sites (tertiary alicyclic amines) is 3. The Morgan fingerprint density at radius 2 is 1.61 bits per heavy atom. The van der Waals surface area contributed by atoms with Crippen LogP contribution < -0.4 is 0 Å². The summed E-state index contributed by atoms with van der Waals surface area (Å²) in [5.41, 5.74) is 3.47. The maximum atomic E-state index is 13.2. The Hall–Kier alpha value is -2.64. The van der Waals surface area contributed by atoms with E-state index < -0.39 is 0 Å². The van der Waals surface area contributed by atoms with Crippen molar-refractivity contribution in [3.63, 3.8) is 0 Å². The lowest BCUT2D eigenvalue weighted by molar-refractivity contribution is -0.117. The van der Waals surface area contributed by atoms with E-state index in [1.807, 2.05) is 32.6 Å². The topological polar surface area (TPSA) is 69.6 Å². The maximum absolute atomic E-state index is 13.2. The van der Waals surface area contributed by atoms with Crippen molar-refractivity contribution in [1.82, 2.24) is 24.7 Å². The summed E-state index contributed by atoms with van der Waals surface area (Å²) >= 11 is 0. The predicted octanol–water partition coefficient (Wildman–Crippen LogP) is 2.97. The van der Waals surface area contributed by atoms with Crippen LogP contribution in [0.15, 0.2) is 36.7 Å². The zero-order chi connectivity index (χ0) is 25.5. The van der Waals surface area contributed by atoms with E-state index in [0.717, 1.165) is 76.5 Å². The number of benzene rings is 1. The molecule has 3 saturated heterocycles. The van der Waals surface area contributed by atoms with Gasteiger partial charge in [0.1, 0.15) is 12.6 Å². The molecule has 2 atom stereocenters. The van der Waals surface area contributed by atoms with Gasteiger partial charge in [-0.3, -0.25) is 4.79 Å². The number of rotatable bonds is 8. The molecular formula is C29H39N5O2. The summed E-state index contributed by atoms with van der Waals surface area (Å²) in [7, 11) is 0. The summed E-state index contributed by atoms with van der Waals surface area (Å²) in [5, 5.41) is 0. The van der Waals surface area contributed by atoms with E-state index >= 15 is 0 Å². The van der Waals surface area contributed by atoms with Crippen molar-refractivity contribution in [2.45, 2.75) is 39.5 Å². The number of aromatic nitrogens is 2. The number of amides is 1. The molecule has 7 heteroatoms. The Morgan fingerprint density at radius 1 is 1.00 bits per heavy atom. The largest absolute Gasteiger partial charge is 0.338 e. The van der Waals surface area contributed by atoms with Gasteiger partial charge in [0.15, 0.2) is 0 Å². The average molecular weight is 490 g/mol. The van der Waals surface area contributed by atoms with E-state index in [2.05, 4.69) is 50.1 Å². The molecule has 0 spiro atoms. The lowest BCUT2D eigenvalue weighted by Gasteiger charge is -2.53. The van der Waals surface area contributed by atoms with E-state index in [1.165, 1.54) is 11.9 Å². The minimum atomic E-state index is -0.304. The molecule has 2 aromatic rings. The predicted molar refractivity (Wildman–Crippen MR) is 140 cm³/mol. The molecule has 3 aliphatic rings. The maximum Gasteiger partial charge on any atom is 0.257 e. The number of carbonyl (C=O) groups is 2. The molecule has 192 valence electrons. The number of fused-ring (bicyclic) bond motifs is 1. The molecule has 5 rings (SSSR count). The van der Waals surface area contributed by atoms with Crippen LogP contribution in [0.1, 0.15) is 47.6 Å². The number of hydrogen-bond acceptors (Lipinski definition) is 6. The molecule has 0 aliphatic carbocycles. The van der Waals surface area contributed by atoms with E-state index in [4.69, 9.17) is 0 Å². The SMILES string of the molecule is Cc1ncnc(C)c1C(=O)N1CC2CN(CCC3(c4ccccc4)CN(CC(C)(C)C=O)C3)CC2C1. The minimum Gasteiger partial charge on any atom is -0.338 e. The van der Waals surface area contributed by atoms with E-state index in [-0.39, 0.29) is 16.7 Å². The Bertz CT molecular complexity index is 1080. The first-order chi connectivity index (χ1) is 17.2. The Kier molecular flexibility index (Phi) is 6.72. The zero-order valence-corrected chi connectivity index (χ0v) is 22.1. The fourth-order valence-corrected chi connectivity index (χ4v) is 6.68. The Labute approximate surface area is 214 Å².